The molecule has 6 nitrogen and oxygen atoms in total. The highest BCUT2D eigenvalue weighted by molar-refractivity contribution is 7.89. The van der Waals surface area contributed by atoms with Crippen LogP contribution >= 0.6 is 11.6 Å². The van der Waals surface area contributed by atoms with E-state index in [1.807, 2.05) is 28.9 Å². The van der Waals surface area contributed by atoms with Crippen LogP contribution < -0.4 is 10.5 Å². The fourth-order valence-corrected chi connectivity index (χ4v) is 4.94. The standard InChI is InChI=1S/C24H29ClN4O2S/c25-20-8-6-18(7-9-20)14-23-15-21(17-27-16-19-4-2-1-3-5-19)28-29(23)22-10-12-24(13-11-22)32(26,30)31/h6-13,15,19,27H,1-5,14,16-17H2,(H2,26,30,31). The average Bonchev–Trinajstić information content (AvgIpc) is 3.18. The van der Waals surface area contributed by atoms with E-state index in [0.717, 1.165) is 35.1 Å². The first-order valence-corrected chi connectivity index (χ1v) is 13.0. The van der Waals surface area contributed by atoms with Crippen LogP contribution in [0.3, 0.4) is 0 Å². The van der Waals surface area contributed by atoms with Gasteiger partial charge >= 0.3 is 0 Å². The molecule has 0 unspecified atom stereocenters. The summed E-state index contributed by atoms with van der Waals surface area (Å²) in [6.45, 7) is 1.72. The Hall–Kier alpha value is -2.19. The molecule has 170 valence electrons. The van der Waals surface area contributed by atoms with Gasteiger partial charge in [0.05, 0.1) is 16.3 Å². The lowest BCUT2D eigenvalue weighted by molar-refractivity contribution is 0.341. The quantitative estimate of drug-likeness (QED) is 0.507. The third-order valence-corrected chi connectivity index (χ3v) is 7.19. The molecule has 1 fully saturated rings. The molecular weight excluding hydrogens is 444 g/mol. The summed E-state index contributed by atoms with van der Waals surface area (Å²) in [6.07, 6.45) is 7.32. The predicted octanol–water partition coefficient (Wildman–Crippen LogP) is 4.43. The Morgan fingerprint density at radius 2 is 1.72 bits per heavy atom. The lowest BCUT2D eigenvalue weighted by atomic mass is 9.89. The van der Waals surface area contributed by atoms with E-state index in [-0.39, 0.29) is 4.90 Å². The van der Waals surface area contributed by atoms with Gasteiger partial charge in [-0.2, -0.15) is 5.10 Å². The Morgan fingerprint density at radius 3 is 2.38 bits per heavy atom. The number of aromatic nitrogens is 2. The number of sulfonamides is 1. The molecule has 1 saturated carbocycles. The minimum absolute atomic E-state index is 0.0852. The number of hydrogen-bond acceptors (Lipinski definition) is 4. The molecule has 3 aromatic rings. The Bertz CT molecular complexity index is 1140. The molecule has 8 heteroatoms. The molecule has 1 aliphatic rings. The van der Waals surface area contributed by atoms with Crippen molar-refractivity contribution < 1.29 is 8.42 Å². The lowest BCUT2D eigenvalue weighted by Crippen LogP contribution is -2.24. The summed E-state index contributed by atoms with van der Waals surface area (Å²) in [5.41, 5.74) is 3.89. The van der Waals surface area contributed by atoms with Gasteiger partial charge < -0.3 is 5.32 Å². The molecule has 0 atom stereocenters. The predicted molar refractivity (Wildman–Crippen MR) is 127 cm³/mol. The van der Waals surface area contributed by atoms with E-state index in [2.05, 4.69) is 11.4 Å². The fourth-order valence-electron chi connectivity index (χ4n) is 4.29. The Labute approximate surface area is 194 Å². The average molecular weight is 473 g/mol. The number of primary sulfonamides is 1. The molecule has 0 bridgehead atoms. The van der Waals surface area contributed by atoms with Crippen molar-refractivity contribution >= 4 is 21.6 Å². The van der Waals surface area contributed by atoms with Gasteiger partial charge in [0.2, 0.25) is 10.0 Å². The van der Waals surface area contributed by atoms with Gasteiger partial charge in [-0.25, -0.2) is 18.2 Å². The molecule has 0 amide bonds. The van der Waals surface area contributed by atoms with E-state index < -0.39 is 10.0 Å². The van der Waals surface area contributed by atoms with Crippen molar-refractivity contribution in [3.8, 4) is 5.69 Å². The van der Waals surface area contributed by atoms with E-state index in [1.165, 1.54) is 44.2 Å². The fraction of sp³-hybridized carbons (Fsp3) is 0.375. The van der Waals surface area contributed by atoms with Crippen LogP contribution in [0, 0.1) is 5.92 Å². The number of halogens is 1. The smallest absolute Gasteiger partial charge is 0.238 e. The molecule has 0 aliphatic heterocycles. The molecule has 1 aliphatic carbocycles. The maximum atomic E-state index is 11.6. The van der Waals surface area contributed by atoms with Crippen LogP contribution in [0.2, 0.25) is 5.02 Å². The van der Waals surface area contributed by atoms with Crippen LogP contribution in [-0.2, 0) is 23.0 Å². The summed E-state index contributed by atoms with van der Waals surface area (Å²) in [7, 11) is -3.73. The van der Waals surface area contributed by atoms with Crippen molar-refractivity contribution in [2.24, 2.45) is 11.1 Å². The first-order chi connectivity index (χ1) is 15.4. The number of rotatable bonds is 8. The number of benzene rings is 2. The summed E-state index contributed by atoms with van der Waals surface area (Å²) >= 11 is 6.03. The van der Waals surface area contributed by atoms with Crippen LogP contribution in [0.15, 0.2) is 59.5 Å². The van der Waals surface area contributed by atoms with Gasteiger partial charge in [0, 0.05) is 23.7 Å². The summed E-state index contributed by atoms with van der Waals surface area (Å²) in [5.74, 6) is 0.755. The zero-order valence-corrected chi connectivity index (χ0v) is 19.6. The number of hydrogen-bond donors (Lipinski definition) is 2. The monoisotopic (exact) mass is 472 g/mol. The van der Waals surface area contributed by atoms with Crippen molar-refractivity contribution in [3.05, 3.63) is 76.6 Å². The van der Waals surface area contributed by atoms with Crippen molar-refractivity contribution in [2.45, 2.75) is 50.0 Å². The molecule has 3 N–H and O–H groups in total. The normalized spacial score (nSPS) is 15.2. The van der Waals surface area contributed by atoms with Gasteiger partial charge in [-0.05, 0) is 73.3 Å². The second kappa shape index (κ2) is 10.2. The highest BCUT2D eigenvalue weighted by Gasteiger charge is 2.15. The minimum Gasteiger partial charge on any atom is -0.311 e. The first kappa shape index (κ1) is 23.0. The first-order valence-electron chi connectivity index (χ1n) is 11.0. The molecule has 0 spiro atoms. The van der Waals surface area contributed by atoms with Gasteiger partial charge in [0.15, 0.2) is 0 Å². The Kier molecular flexibility index (Phi) is 7.30. The molecule has 0 radical (unpaired) electrons. The number of nitrogens with one attached hydrogen (secondary N) is 1. The molecule has 0 saturated heterocycles. The van der Waals surface area contributed by atoms with Crippen LogP contribution in [0.4, 0.5) is 0 Å². The van der Waals surface area contributed by atoms with Crippen molar-refractivity contribution in [1.82, 2.24) is 15.1 Å². The zero-order chi connectivity index (χ0) is 22.6. The van der Waals surface area contributed by atoms with Gasteiger partial charge in [-0.1, -0.05) is 43.0 Å². The van der Waals surface area contributed by atoms with E-state index in [1.54, 1.807) is 12.1 Å². The molecule has 32 heavy (non-hydrogen) atoms. The second-order valence-electron chi connectivity index (χ2n) is 8.52. The van der Waals surface area contributed by atoms with Gasteiger partial charge in [0.1, 0.15) is 0 Å². The Balaban J connectivity index is 1.55. The molecule has 1 aromatic heterocycles. The Morgan fingerprint density at radius 1 is 1.03 bits per heavy atom. The summed E-state index contributed by atoms with van der Waals surface area (Å²) in [6, 6.07) is 16.4. The molecule has 4 rings (SSSR count). The van der Waals surface area contributed by atoms with E-state index >= 15 is 0 Å². The maximum absolute atomic E-state index is 11.6. The highest BCUT2D eigenvalue weighted by Crippen LogP contribution is 2.23. The third-order valence-electron chi connectivity index (χ3n) is 6.01. The van der Waals surface area contributed by atoms with Crippen molar-refractivity contribution in [2.75, 3.05) is 6.54 Å². The van der Waals surface area contributed by atoms with Crippen molar-refractivity contribution in [1.29, 1.82) is 0 Å². The lowest BCUT2D eigenvalue weighted by Gasteiger charge is -2.21. The van der Waals surface area contributed by atoms with Crippen LogP contribution in [0.5, 0.6) is 0 Å². The third kappa shape index (κ3) is 5.98. The maximum Gasteiger partial charge on any atom is 0.238 e. The van der Waals surface area contributed by atoms with Crippen LogP contribution in [0.1, 0.15) is 49.1 Å². The SMILES string of the molecule is NS(=O)(=O)c1ccc(-n2nc(CNCC3CCCCC3)cc2Cc2ccc(Cl)cc2)cc1. The zero-order valence-electron chi connectivity index (χ0n) is 18.0. The van der Waals surface area contributed by atoms with Gasteiger partial charge in [0.25, 0.3) is 0 Å². The number of nitrogens with two attached hydrogens (primary N) is 1. The highest BCUT2D eigenvalue weighted by atomic mass is 35.5. The van der Waals surface area contributed by atoms with E-state index in [4.69, 9.17) is 21.8 Å². The number of nitrogens with zero attached hydrogens (tertiary/aromatic N) is 2. The second-order valence-corrected chi connectivity index (χ2v) is 10.5. The van der Waals surface area contributed by atoms with Gasteiger partial charge in [-0.15, -0.1) is 0 Å². The van der Waals surface area contributed by atoms with Crippen molar-refractivity contribution in [3.63, 3.8) is 0 Å². The van der Waals surface area contributed by atoms with Gasteiger partial charge in [-0.3, -0.25) is 0 Å². The van der Waals surface area contributed by atoms with E-state index in [9.17, 15) is 8.42 Å². The minimum atomic E-state index is -3.73. The van der Waals surface area contributed by atoms with E-state index in [0.29, 0.717) is 18.0 Å². The van der Waals surface area contributed by atoms with Crippen LogP contribution in [0.25, 0.3) is 5.69 Å². The summed E-state index contributed by atoms with van der Waals surface area (Å²) in [5, 5.41) is 14.3. The molecular formula is C24H29ClN4O2S. The topological polar surface area (TPSA) is 90.0 Å². The summed E-state index contributed by atoms with van der Waals surface area (Å²) < 4.78 is 25.1. The molecule has 2 aromatic carbocycles. The largest absolute Gasteiger partial charge is 0.311 e. The summed E-state index contributed by atoms with van der Waals surface area (Å²) in [4.78, 5) is 0.0852. The molecule has 1 heterocycles. The van der Waals surface area contributed by atoms with Crippen LogP contribution in [-0.4, -0.2) is 24.7 Å².